The average molecular weight is 322 g/mol. The van der Waals surface area contributed by atoms with E-state index in [-0.39, 0.29) is 6.61 Å². The molecule has 5 atom stereocenters. The quantitative estimate of drug-likeness (QED) is 0.636. The van der Waals surface area contributed by atoms with Crippen LogP contribution in [0.25, 0.3) is 0 Å². The van der Waals surface area contributed by atoms with Gasteiger partial charge in [-0.3, -0.25) is 9.09 Å². The molecular weight excluding hydrogens is 297 g/mol. The molecule has 0 saturated carbocycles. The highest BCUT2D eigenvalue weighted by Gasteiger charge is 2.49. The van der Waals surface area contributed by atoms with E-state index in [0.717, 1.165) is 0 Å². The number of rotatable bonds is 4. The van der Waals surface area contributed by atoms with Crippen LogP contribution < -0.4 is 0 Å². The molecule has 0 bridgehead atoms. The topological polar surface area (TPSA) is 65.0 Å². The molecule has 21 heavy (non-hydrogen) atoms. The van der Waals surface area contributed by atoms with Crippen molar-refractivity contribution < 1.29 is 27.8 Å². The molecule has 0 aromatic carbocycles. The summed E-state index contributed by atoms with van der Waals surface area (Å²) in [5.41, 5.74) is -0.441. The molecule has 5 nitrogen and oxygen atoms in total. The van der Waals surface area contributed by atoms with E-state index in [1.165, 1.54) is 0 Å². The summed E-state index contributed by atoms with van der Waals surface area (Å²) >= 11 is 0. The monoisotopic (exact) mass is 322 g/mol. The molecule has 0 aromatic heterocycles. The average Bonchev–Trinajstić information content (AvgIpc) is 2.51. The summed E-state index contributed by atoms with van der Waals surface area (Å²) in [6.45, 7) is 10.1. The lowest BCUT2D eigenvalue weighted by Gasteiger charge is -2.29. The Morgan fingerprint density at radius 2 is 1.81 bits per heavy atom. The first-order chi connectivity index (χ1) is 9.24. The SMILES string of the molecule is [B]C1OC(COC(C)(C)C)[C@@H](F)[C@H]1OP(=O)(O)C(C)(C)C. The zero-order valence-electron chi connectivity index (χ0n) is 13.5. The van der Waals surface area contributed by atoms with E-state index >= 15 is 0 Å². The Kier molecular flexibility index (Phi) is 5.72. The first kappa shape index (κ1) is 19.1. The third-order valence-corrected chi connectivity index (χ3v) is 5.34. The molecule has 1 saturated heterocycles. The van der Waals surface area contributed by atoms with Gasteiger partial charge in [0.1, 0.15) is 20.1 Å². The van der Waals surface area contributed by atoms with E-state index in [2.05, 4.69) is 0 Å². The van der Waals surface area contributed by atoms with Crippen LogP contribution in [-0.2, 0) is 18.6 Å². The molecule has 0 amide bonds. The zero-order chi connectivity index (χ0) is 16.6. The van der Waals surface area contributed by atoms with E-state index in [9.17, 15) is 13.8 Å². The minimum Gasteiger partial charge on any atom is -0.376 e. The molecule has 0 spiro atoms. The lowest BCUT2D eigenvalue weighted by molar-refractivity contribution is -0.0711. The highest BCUT2D eigenvalue weighted by atomic mass is 31.2. The number of hydrogen-bond acceptors (Lipinski definition) is 4. The highest BCUT2D eigenvalue weighted by Crippen LogP contribution is 2.57. The van der Waals surface area contributed by atoms with Crippen molar-refractivity contribution in [3.63, 3.8) is 0 Å². The summed E-state index contributed by atoms with van der Waals surface area (Å²) in [7, 11) is 1.66. The molecule has 0 aromatic rings. The van der Waals surface area contributed by atoms with Gasteiger partial charge in [-0.1, -0.05) is 0 Å². The molecule has 1 aliphatic heterocycles. The van der Waals surface area contributed by atoms with Gasteiger partial charge < -0.3 is 14.4 Å². The summed E-state index contributed by atoms with van der Waals surface area (Å²) in [4.78, 5) is 9.92. The van der Waals surface area contributed by atoms with Gasteiger partial charge in [0.2, 0.25) is 0 Å². The Hall–Kier alpha value is 0.0649. The maximum Gasteiger partial charge on any atom is 0.333 e. The van der Waals surface area contributed by atoms with Crippen LogP contribution in [0.15, 0.2) is 0 Å². The summed E-state index contributed by atoms with van der Waals surface area (Å²) in [6, 6.07) is -1.10. The molecule has 1 aliphatic rings. The van der Waals surface area contributed by atoms with Crippen LogP contribution >= 0.6 is 7.60 Å². The fraction of sp³-hybridized carbons (Fsp3) is 1.00. The molecule has 3 unspecified atom stereocenters. The van der Waals surface area contributed by atoms with Crippen molar-refractivity contribution in [2.75, 3.05) is 6.61 Å². The Labute approximate surface area is 127 Å². The van der Waals surface area contributed by atoms with Crippen molar-refractivity contribution in [1.82, 2.24) is 0 Å². The van der Waals surface area contributed by atoms with Crippen LogP contribution in [0.1, 0.15) is 41.5 Å². The van der Waals surface area contributed by atoms with Crippen LogP contribution in [0, 0.1) is 0 Å². The summed E-state index contributed by atoms with van der Waals surface area (Å²) in [5.74, 6) is 0. The second-order valence-corrected chi connectivity index (χ2v) is 9.86. The van der Waals surface area contributed by atoms with Gasteiger partial charge >= 0.3 is 7.60 Å². The molecule has 1 heterocycles. The van der Waals surface area contributed by atoms with Crippen molar-refractivity contribution in [3.8, 4) is 0 Å². The lowest BCUT2D eigenvalue weighted by atomic mass is 9.94. The third kappa shape index (κ3) is 5.03. The second-order valence-electron chi connectivity index (χ2n) is 7.27. The van der Waals surface area contributed by atoms with Gasteiger partial charge in [-0.25, -0.2) is 4.39 Å². The first-order valence-electron chi connectivity index (χ1n) is 6.95. The molecule has 8 heteroatoms. The number of halogens is 1. The van der Waals surface area contributed by atoms with Crippen molar-refractivity contribution in [2.45, 2.75) is 76.7 Å². The predicted octanol–water partition coefficient (Wildman–Crippen LogP) is 2.40. The number of hydrogen-bond donors (Lipinski definition) is 1. The van der Waals surface area contributed by atoms with Gasteiger partial charge in [-0.05, 0) is 41.5 Å². The zero-order valence-corrected chi connectivity index (χ0v) is 14.4. The van der Waals surface area contributed by atoms with Crippen LogP contribution in [0.2, 0.25) is 0 Å². The lowest BCUT2D eigenvalue weighted by Crippen LogP contribution is -2.36. The number of ether oxygens (including phenoxy) is 2. The Morgan fingerprint density at radius 1 is 1.29 bits per heavy atom. The molecular formula is C13H25BFO5P. The molecule has 0 aliphatic carbocycles. The van der Waals surface area contributed by atoms with Crippen LogP contribution in [-0.4, -0.2) is 54.5 Å². The smallest absolute Gasteiger partial charge is 0.333 e. The Bertz CT molecular complexity index is 406. The fourth-order valence-electron chi connectivity index (χ4n) is 1.65. The minimum absolute atomic E-state index is 0.00345. The third-order valence-electron chi connectivity index (χ3n) is 3.12. The van der Waals surface area contributed by atoms with Gasteiger partial charge in [-0.2, -0.15) is 0 Å². The van der Waals surface area contributed by atoms with Gasteiger partial charge in [0.05, 0.1) is 17.4 Å². The Balaban J connectivity index is 2.72. The predicted molar refractivity (Wildman–Crippen MR) is 79.5 cm³/mol. The van der Waals surface area contributed by atoms with Crippen molar-refractivity contribution in [2.24, 2.45) is 0 Å². The van der Waals surface area contributed by atoms with Crippen LogP contribution in [0.3, 0.4) is 0 Å². The van der Waals surface area contributed by atoms with Crippen LogP contribution in [0.4, 0.5) is 4.39 Å². The van der Waals surface area contributed by atoms with Crippen molar-refractivity contribution >= 4 is 15.4 Å². The highest BCUT2D eigenvalue weighted by molar-refractivity contribution is 7.54. The molecule has 1 rings (SSSR count). The van der Waals surface area contributed by atoms with Crippen molar-refractivity contribution in [1.29, 1.82) is 0 Å². The first-order valence-corrected chi connectivity index (χ1v) is 8.53. The maximum atomic E-state index is 14.4. The summed E-state index contributed by atoms with van der Waals surface area (Å²) < 4.78 is 42.3. The largest absolute Gasteiger partial charge is 0.376 e. The molecule has 2 radical (unpaired) electrons. The normalized spacial score (nSPS) is 33.9. The second kappa shape index (κ2) is 6.28. The minimum atomic E-state index is -4.02. The summed E-state index contributed by atoms with van der Waals surface area (Å²) in [5, 5.41) is -1.02. The van der Waals surface area contributed by atoms with Gasteiger partial charge in [0.25, 0.3) is 0 Å². The van der Waals surface area contributed by atoms with Crippen LogP contribution in [0.5, 0.6) is 0 Å². The van der Waals surface area contributed by atoms with Gasteiger partial charge in [0, 0.05) is 6.00 Å². The molecule has 1 fully saturated rings. The van der Waals surface area contributed by atoms with Gasteiger partial charge in [-0.15, -0.1) is 0 Å². The maximum absolute atomic E-state index is 14.4. The standard InChI is InChI=1S/C13H25BFO5P/c1-12(2,3)18-7-8-9(15)10(11(14)19-8)20-21(16,17)13(4,5)6/h8-11H,7H2,1-6H3,(H,16,17)/t8?,9-,10-,11?/m1/s1. The van der Waals surface area contributed by atoms with E-state index < -0.39 is 42.7 Å². The molecule has 1 N–H and O–H groups in total. The Morgan fingerprint density at radius 3 is 2.24 bits per heavy atom. The fourth-order valence-corrected chi connectivity index (χ4v) is 2.53. The van der Waals surface area contributed by atoms with E-state index in [4.69, 9.17) is 21.8 Å². The van der Waals surface area contributed by atoms with E-state index in [1.807, 2.05) is 20.8 Å². The number of alkyl halides is 1. The van der Waals surface area contributed by atoms with E-state index in [1.54, 1.807) is 20.8 Å². The van der Waals surface area contributed by atoms with E-state index in [0.29, 0.717) is 0 Å². The van der Waals surface area contributed by atoms with Gasteiger partial charge in [0.15, 0.2) is 6.17 Å². The summed E-state index contributed by atoms with van der Waals surface area (Å²) in [6.07, 6.45) is -3.82. The molecule has 122 valence electrons. The van der Waals surface area contributed by atoms with Crippen molar-refractivity contribution in [3.05, 3.63) is 0 Å².